The van der Waals surface area contributed by atoms with Crippen LogP contribution in [0.4, 0.5) is 16.2 Å². The Labute approximate surface area is 132 Å². The van der Waals surface area contributed by atoms with E-state index in [1.54, 1.807) is 24.3 Å². The predicted molar refractivity (Wildman–Crippen MR) is 87.0 cm³/mol. The van der Waals surface area contributed by atoms with Gasteiger partial charge in [-0.3, -0.25) is 0 Å². The number of anilines is 2. The van der Waals surface area contributed by atoms with E-state index >= 15 is 0 Å². The van der Waals surface area contributed by atoms with Gasteiger partial charge in [0.15, 0.2) is 11.6 Å². The fraction of sp³-hybridized carbons (Fsp3) is 0.0588. The van der Waals surface area contributed by atoms with Gasteiger partial charge in [-0.05, 0) is 17.7 Å². The van der Waals surface area contributed by atoms with Gasteiger partial charge in [0.1, 0.15) is 18.1 Å². The van der Waals surface area contributed by atoms with Gasteiger partial charge in [-0.1, -0.05) is 42.5 Å². The first kappa shape index (κ1) is 14.8. The molecule has 23 heavy (non-hydrogen) atoms. The van der Waals surface area contributed by atoms with E-state index in [0.29, 0.717) is 17.9 Å². The monoisotopic (exact) mass is 310 g/mol. The number of ether oxygens (including phenoxy) is 1. The second kappa shape index (κ2) is 6.31. The van der Waals surface area contributed by atoms with Crippen molar-refractivity contribution in [3.05, 3.63) is 66.0 Å². The topological polar surface area (TPSA) is 87.0 Å². The number of nitrogens with two attached hydrogens (primary N) is 2. The number of rotatable bonds is 4. The SMILES string of the molecule is Nc1nc(N)c(F)c(-c2cccc(OCc3ccccc3)c2)n1. The first-order valence-electron chi connectivity index (χ1n) is 6.99. The lowest BCUT2D eigenvalue weighted by atomic mass is 10.1. The van der Waals surface area contributed by atoms with Gasteiger partial charge in [-0.15, -0.1) is 0 Å². The van der Waals surface area contributed by atoms with Crippen LogP contribution in [0.2, 0.25) is 0 Å². The number of hydrogen-bond donors (Lipinski definition) is 2. The molecule has 0 aliphatic rings. The Kier molecular flexibility index (Phi) is 4.05. The maximum absolute atomic E-state index is 14.1. The van der Waals surface area contributed by atoms with Crippen LogP contribution in [0, 0.1) is 5.82 Å². The molecule has 0 aliphatic carbocycles. The first-order valence-corrected chi connectivity index (χ1v) is 6.99. The summed E-state index contributed by atoms with van der Waals surface area (Å²) in [5, 5.41) is 0. The molecular weight excluding hydrogens is 295 g/mol. The average molecular weight is 310 g/mol. The second-order valence-corrected chi connectivity index (χ2v) is 4.93. The molecule has 1 aromatic heterocycles. The lowest BCUT2D eigenvalue weighted by Gasteiger charge is -2.09. The standard InChI is InChI=1S/C17H15FN4O/c18-14-15(21-17(20)22-16(14)19)12-7-4-8-13(9-12)23-10-11-5-2-1-3-6-11/h1-9H,10H2,(H4,19,20,21,22). The van der Waals surface area contributed by atoms with E-state index in [1.807, 2.05) is 30.3 Å². The van der Waals surface area contributed by atoms with Crippen molar-refractivity contribution in [2.24, 2.45) is 0 Å². The minimum absolute atomic E-state index is 0.0557. The van der Waals surface area contributed by atoms with Gasteiger partial charge in [-0.2, -0.15) is 4.98 Å². The van der Waals surface area contributed by atoms with Crippen molar-refractivity contribution in [3.63, 3.8) is 0 Å². The van der Waals surface area contributed by atoms with Gasteiger partial charge in [0.2, 0.25) is 5.95 Å². The van der Waals surface area contributed by atoms with Crippen LogP contribution in [-0.2, 0) is 6.61 Å². The van der Waals surface area contributed by atoms with Crippen LogP contribution in [0.15, 0.2) is 54.6 Å². The van der Waals surface area contributed by atoms with Gasteiger partial charge >= 0.3 is 0 Å². The summed E-state index contributed by atoms with van der Waals surface area (Å²) in [6.07, 6.45) is 0. The van der Waals surface area contributed by atoms with E-state index in [1.165, 1.54) is 0 Å². The van der Waals surface area contributed by atoms with Crippen LogP contribution < -0.4 is 16.2 Å². The highest BCUT2D eigenvalue weighted by atomic mass is 19.1. The van der Waals surface area contributed by atoms with Crippen molar-refractivity contribution in [2.45, 2.75) is 6.61 Å². The lowest BCUT2D eigenvalue weighted by molar-refractivity contribution is 0.306. The second-order valence-electron chi connectivity index (χ2n) is 4.93. The molecule has 116 valence electrons. The number of aromatic nitrogens is 2. The molecule has 0 radical (unpaired) electrons. The van der Waals surface area contributed by atoms with Crippen LogP contribution in [0.3, 0.4) is 0 Å². The highest BCUT2D eigenvalue weighted by Crippen LogP contribution is 2.27. The van der Waals surface area contributed by atoms with Gasteiger partial charge in [0, 0.05) is 5.56 Å². The van der Waals surface area contributed by atoms with E-state index in [4.69, 9.17) is 16.2 Å². The summed E-state index contributed by atoms with van der Waals surface area (Å²) in [5.74, 6) is -0.446. The summed E-state index contributed by atoms with van der Waals surface area (Å²) in [7, 11) is 0. The molecule has 0 saturated heterocycles. The quantitative estimate of drug-likeness (QED) is 0.773. The molecule has 4 N–H and O–H groups in total. The van der Waals surface area contributed by atoms with E-state index in [-0.39, 0.29) is 17.5 Å². The van der Waals surface area contributed by atoms with Crippen LogP contribution in [0.5, 0.6) is 5.75 Å². The number of halogens is 1. The number of benzene rings is 2. The van der Waals surface area contributed by atoms with E-state index in [2.05, 4.69) is 9.97 Å². The maximum atomic E-state index is 14.1. The van der Waals surface area contributed by atoms with E-state index in [0.717, 1.165) is 5.56 Å². The summed E-state index contributed by atoms with van der Waals surface area (Å²) < 4.78 is 19.8. The molecule has 0 fully saturated rings. The minimum Gasteiger partial charge on any atom is -0.489 e. The molecular formula is C17H15FN4O. The Bertz CT molecular complexity index is 824. The third kappa shape index (κ3) is 3.37. The molecule has 1 heterocycles. The molecule has 0 aliphatic heterocycles. The lowest BCUT2D eigenvalue weighted by Crippen LogP contribution is -2.05. The zero-order valence-electron chi connectivity index (χ0n) is 12.2. The average Bonchev–Trinajstić information content (AvgIpc) is 2.57. The van der Waals surface area contributed by atoms with Gasteiger partial charge in [0.25, 0.3) is 0 Å². The van der Waals surface area contributed by atoms with Crippen molar-refractivity contribution < 1.29 is 9.13 Å². The largest absolute Gasteiger partial charge is 0.489 e. The number of hydrogen-bond acceptors (Lipinski definition) is 5. The van der Waals surface area contributed by atoms with Crippen molar-refractivity contribution in [1.29, 1.82) is 0 Å². The van der Waals surface area contributed by atoms with Crippen LogP contribution >= 0.6 is 0 Å². The summed E-state index contributed by atoms with van der Waals surface area (Å²) in [5.41, 5.74) is 12.7. The molecule has 3 rings (SSSR count). The molecule has 2 aromatic carbocycles. The molecule has 0 amide bonds. The Morgan fingerprint density at radius 1 is 0.957 bits per heavy atom. The van der Waals surface area contributed by atoms with Crippen LogP contribution in [0.1, 0.15) is 5.56 Å². The Hall–Kier alpha value is -3.15. The fourth-order valence-corrected chi connectivity index (χ4v) is 2.15. The van der Waals surface area contributed by atoms with Crippen molar-refractivity contribution in [1.82, 2.24) is 9.97 Å². The Morgan fingerprint density at radius 3 is 2.52 bits per heavy atom. The third-order valence-corrected chi connectivity index (χ3v) is 3.25. The minimum atomic E-state index is -0.695. The van der Waals surface area contributed by atoms with E-state index < -0.39 is 5.82 Å². The summed E-state index contributed by atoms with van der Waals surface area (Å²) in [6.45, 7) is 0.417. The number of nitrogens with zero attached hydrogens (tertiary/aromatic N) is 2. The predicted octanol–water partition coefficient (Wildman–Crippen LogP) is 3.03. The smallest absolute Gasteiger partial charge is 0.222 e. The zero-order chi connectivity index (χ0) is 16.2. The molecule has 0 atom stereocenters. The molecule has 0 bridgehead atoms. The summed E-state index contributed by atoms with van der Waals surface area (Å²) >= 11 is 0. The van der Waals surface area contributed by atoms with Crippen LogP contribution in [-0.4, -0.2) is 9.97 Å². The normalized spacial score (nSPS) is 10.5. The van der Waals surface area contributed by atoms with Gasteiger partial charge < -0.3 is 16.2 Å². The van der Waals surface area contributed by atoms with Crippen LogP contribution in [0.25, 0.3) is 11.3 Å². The number of nitrogen functional groups attached to an aromatic ring is 2. The Balaban J connectivity index is 1.86. The first-order chi connectivity index (χ1) is 11.1. The van der Waals surface area contributed by atoms with E-state index in [9.17, 15) is 4.39 Å². The van der Waals surface area contributed by atoms with Crippen molar-refractivity contribution >= 4 is 11.8 Å². The van der Waals surface area contributed by atoms with Crippen molar-refractivity contribution in [3.8, 4) is 17.0 Å². The molecule has 3 aromatic rings. The molecule has 0 spiro atoms. The summed E-state index contributed by atoms with van der Waals surface area (Å²) in [6, 6.07) is 16.7. The molecule has 0 unspecified atom stereocenters. The Morgan fingerprint density at radius 2 is 1.74 bits per heavy atom. The molecule has 6 heteroatoms. The molecule has 0 saturated carbocycles. The third-order valence-electron chi connectivity index (χ3n) is 3.25. The highest BCUT2D eigenvalue weighted by molar-refractivity contribution is 5.65. The fourth-order valence-electron chi connectivity index (χ4n) is 2.15. The van der Waals surface area contributed by atoms with Gasteiger partial charge in [0.05, 0.1) is 0 Å². The van der Waals surface area contributed by atoms with Crippen molar-refractivity contribution in [2.75, 3.05) is 11.5 Å². The summed E-state index contributed by atoms with van der Waals surface area (Å²) in [4.78, 5) is 7.52. The highest BCUT2D eigenvalue weighted by Gasteiger charge is 2.13. The zero-order valence-corrected chi connectivity index (χ0v) is 12.2. The maximum Gasteiger partial charge on any atom is 0.222 e. The molecule has 5 nitrogen and oxygen atoms in total. The van der Waals surface area contributed by atoms with Gasteiger partial charge in [-0.25, -0.2) is 9.37 Å².